The summed E-state index contributed by atoms with van der Waals surface area (Å²) in [4.78, 5) is 9.23. The lowest BCUT2D eigenvalue weighted by atomic mass is 10.2. The molecule has 0 radical (unpaired) electrons. The van der Waals surface area contributed by atoms with Crippen molar-refractivity contribution in [3.05, 3.63) is 58.5 Å². The van der Waals surface area contributed by atoms with Crippen LogP contribution in [0.15, 0.2) is 42.6 Å². The first-order chi connectivity index (χ1) is 12.9. The summed E-state index contributed by atoms with van der Waals surface area (Å²) in [6.45, 7) is 0. The number of anilines is 4. The van der Waals surface area contributed by atoms with Crippen LogP contribution in [-0.2, 0) is 0 Å². The van der Waals surface area contributed by atoms with E-state index < -0.39 is 5.82 Å². The van der Waals surface area contributed by atoms with Crippen molar-refractivity contribution in [3.8, 4) is 11.5 Å². The molecule has 0 bridgehead atoms. The van der Waals surface area contributed by atoms with Gasteiger partial charge in [0, 0.05) is 11.4 Å². The van der Waals surface area contributed by atoms with Crippen LogP contribution in [0.3, 0.4) is 0 Å². The SMILES string of the molecule is COc1ccc(N(c2ccc(OC)c(Cl)c2)c2nc(N)ncc2F)cc1Cl. The topological polar surface area (TPSA) is 73.5 Å². The number of methoxy groups -OCH3 is 2. The average Bonchev–Trinajstić information content (AvgIpc) is 2.65. The molecule has 0 atom stereocenters. The molecule has 0 spiro atoms. The molecule has 0 aliphatic rings. The Morgan fingerprint density at radius 3 is 1.93 bits per heavy atom. The van der Waals surface area contributed by atoms with Gasteiger partial charge in [-0.05, 0) is 36.4 Å². The highest BCUT2D eigenvalue weighted by Crippen LogP contribution is 2.40. The van der Waals surface area contributed by atoms with E-state index in [-0.39, 0.29) is 11.8 Å². The van der Waals surface area contributed by atoms with Crippen LogP contribution in [0.4, 0.5) is 27.5 Å². The Morgan fingerprint density at radius 1 is 0.963 bits per heavy atom. The molecule has 140 valence electrons. The van der Waals surface area contributed by atoms with Crippen molar-refractivity contribution < 1.29 is 13.9 Å². The molecule has 0 unspecified atom stereocenters. The molecular formula is C18H15Cl2FN4O2. The van der Waals surface area contributed by atoms with E-state index in [4.69, 9.17) is 38.4 Å². The summed E-state index contributed by atoms with van der Waals surface area (Å²) in [5.41, 5.74) is 6.72. The third-order valence-electron chi connectivity index (χ3n) is 3.74. The molecular weight excluding hydrogens is 394 g/mol. The maximum atomic E-state index is 14.5. The normalized spacial score (nSPS) is 10.6. The summed E-state index contributed by atoms with van der Waals surface area (Å²) in [6.07, 6.45) is 1.00. The summed E-state index contributed by atoms with van der Waals surface area (Å²) >= 11 is 12.5. The Hall–Kier alpha value is -2.77. The fraction of sp³-hybridized carbons (Fsp3) is 0.111. The summed E-state index contributed by atoms with van der Waals surface area (Å²) < 4.78 is 24.9. The molecule has 6 nitrogen and oxygen atoms in total. The standard InChI is InChI=1S/C18H15Cl2FN4O2/c1-26-15-5-3-10(7-12(15)19)25(17-14(21)9-23-18(22)24-17)11-4-6-16(27-2)13(20)8-11/h3-9H,1-2H3,(H2,22,23,24). The van der Waals surface area contributed by atoms with Gasteiger partial charge in [-0.2, -0.15) is 4.98 Å². The molecule has 0 saturated heterocycles. The lowest BCUT2D eigenvalue weighted by molar-refractivity contribution is 0.415. The molecule has 1 heterocycles. The van der Waals surface area contributed by atoms with Crippen LogP contribution in [0.5, 0.6) is 11.5 Å². The number of nitrogens with two attached hydrogens (primary N) is 1. The summed E-state index contributed by atoms with van der Waals surface area (Å²) in [7, 11) is 3.01. The van der Waals surface area contributed by atoms with E-state index in [1.54, 1.807) is 36.4 Å². The van der Waals surface area contributed by atoms with Gasteiger partial charge >= 0.3 is 0 Å². The molecule has 2 N–H and O–H groups in total. The Bertz CT molecular complexity index is 934. The number of hydrogen-bond donors (Lipinski definition) is 1. The first-order valence-electron chi connectivity index (χ1n) is 7.69. The molecule has 1 aromatic heterocycles. The van der Waals surface area contributed by atoms with Crippen LogP contribution in [0.25, 0.3) is 0 Å². The molecule has 0 aliphatic carbocycles. The lowest BCUT2D eigenvalue weighted by Crippen LogP contribution is -2.15. The van der Waals surface area contributed by atoms with Crippen molar-refractivity contribution in [1.82, 2.24) is 9.97 Å². The molecule has 9 heteroatoms. The van der Waals surface area contributed by atoms with Crippen molar-refractivity contribution in [3.63, 3.8) is 0 Å². The van der Waals surface area contributed by atoms with E-state index in [1.807, 2.05) is 0 Å². The molecule has 3 rings (SSSR count). The Balaban J connectivity index is 2.22. The predicted octanol–water partition coefficient (Wildman–Crippen LogP) is 4.99. The van der Waals surface area contributed by atoms with Crippen molar-refractivity contribution in [1.29, 1.82) is 0 Å². The number of ether oxygens (including phenoxy) is 2. The van der Waals surface area contributed by atoms with Crippen molar-refractivity contribution >= 4 is 46.3 Å². The second-order valence-corrected chi connectivity index (χ2v) is 6.19. The van der Waals surface area contributed by atoms with Gasteiger partial charge in [0.05, 0.1) is 30.5 Å². The number of halogens is 3. The molecule has 0 fully saturated rings. The molecule has 0 saturated carbocycles. The van der Waals surface area contributed by atoms with Crippen LogP contribution in [0.1, 0.15) is 0 Å². The van der Waals surface area contributed by atoms with E-state index >= 15 is 0 Å². The van der Waals surface area contributed by atoms with Crippen LogP contribution < -0.4 is 20.1 Å². The van der Waals surface area contributed by atoms with E-state index in [0.29, 0.717) is 32.9 Å². The highest BCUT2D eigenvalue weighted by molar-refractivity contribution is 6.32. The zero-order chi connectivity index (χ0) is 19.6. The number of nitrogen functional groups attached to an aromatic ring is 1. The number of hydrogen-bond acceptors (Lipinski definition) is 6. The molecule has 0 aliphatic heterocycles. The van der Waals surface area contributed by atoms with Crippen LogP contribution >= 0.6 is 23.2 Å². The van der Waals surface area contributed by atoms with Crippen molar-refractivity contribution in [2.45, 2.75) is 0 Å². The summed E-state index contributed by atoms with van der Waals surface area (Å²) in [5.74, 6) is 0.176. The van der Waals surface area contributed by atoms with Gasteiger partial charge in [0.25, 0.3) is 0 Å². The monoisotopic (exact) mass is 408 g/mol. The minimum absolute atomic E-state index is 0.0510. The second-order valence-electron chi connectivity index (χ2n) is 5.37. The predicted molar refractivity (Wildman–Crippen MR) is 104 cm³/mol. The van der Waals surface area contributed by atoms with Gasteiger partial charge in [0.15, 0.2) is 11.6 Å². The van der Waals surface area contributed by atoms with Gasteiger partial charge < -0.3 is 15.2 Å². The third-order valence-corrected chi connectivity index (χ3v) is 4.33. The van der Waals surface area contributed by atoms with E-state index in [0.717, 1.165) is 6.20 Å². The van der Waals surface area contributed by atoms with Gasteiger partial charge in [-0.1, -0.05) is 23.2 Å². The van der Waals surface area contributed by atoms with E-state index in [2.05, 4.69) is 9.97 Å². The Kier molecular flexibility index (Phi) is 5.53. The van der Waals surface area contributed by atoms with Crippen molar-refractivity contribution in [2.24, 2.45) is 0 Å². The number of aromatic nitrogens is 2. The third kappa shape index (κ3) is 3.84. The van der Waals surface area contributed by atoms with Crippen LogP contribution in [0, 0.1) is 5.82 Å². The smallest absolute Gasteiger partial charge is 0.222 e. The minimum Gasteiger partial charge on any atom is -0.495 e. The van der Waals surface area contributed by atoms with Crippen LogP contribution in [-0.4, -0.2) is 24.2 Å². The number of rotatable bonds is 5. The highest BCUT2D eigenvalue weighted by atomic mass is 35.5. The average molecular weight is 409 g/mol. The van der Waals surface area contributed by atoms with Gasteiger partial charge in [-0.3, -0.25) is 4.90 Å². The fourth-order valence-electron chi connectivity index (χ4n) is 2.51. The Morgan fingerprint density at radius 2 is 1.48 bits per heavy atom. The van der Waals surface area contributed by atoms with E-state index in [9.17, 15) is 4.39 Å². The number of benzene rings is 2. The first-order valence-corrected chi connectivity index (χ1v) is 8.45. The lowest BCUT2D eigenvalue weighted by Gasteiger charge is -2.25. The quantitative estimate of drug-likeness (QED) is 0.640. The summed E-state index contributed by atoms with van der Waals surface area (Å²) in [6, 6.07) is 9.99. The maximum absolute atomic E-state index is 14.5. The highest BCUT2D eigenvalue weighted by Gasteiger charge is 2.21. The van der Waals surface area contributed by atoms with Crippen molar-refractivity contribution in [2.75, 3.05) is 24.9 Å². The Labute approximate surface area is 165 Å². The zero-order valence-electron chi connectivity index (χ0n) is 14.4. The van der Waals surface area contributed by atoms with Crippen LogP contribution in [0.2, 0.25) is 10.0 Å². The summed E-state index contributed by atoms with van der Waals surface area (Å²) in [5, 5.41) is 0.698. The fourth-order valence-corrected chi connectivity index (χ4v) is 3.01. The van der Waals surface area contributed by atoms with Gasteiger partial charge in [-0.25, -0.2) is 9.37 Å². The number of nitrogens with zero attached hydrogens (tertiary/aromatic N) is 3. The van der Waals surface area contributed by atoms with Gasteiger partial charge in [0.1, 0.15) is 11.5 Å². The maximum Gasteiger partial charge on any atom is 0.222 e. The first kappa shape index (κ1) is 19.0. The minimum atomic E-state index is -0.664. The zero-order valence-corrected chi connectivity index (χ0v) is 15.9. The largest absolute Gasteiger partial charge is 0.495 e. The molecule has 27 heavy (non-hydrogen) atoms. The van der Waals surface area contributed by atoms with Gasteiger partial charge in [0.2, 0.25) is 5.95 Å². The molecule has 2 aromatic carbocycles. The second kappa shape index (κ2) is 7.85. The molecule has 0 amide bonds. The molecule has 3 aromatic rings. The van der Waals surface area contributed by atoms with Gasteiger partial charge in [-0.15, -0.1) is 0 Å². The van der Waals surface area contributed by atoms with E-state index in [1.165, 1.54) is 19.1 Å².